The zero-order valence-corrected chi connectivity index (χ0v) is 34.1. The van der Waals surface area contributed by atoms with Gasteiger partial charge in [-0.05, 0) is 128 Å². The first-order valence-corrected chi connectivity index (χ1v) is 21.2. The van der Waals surface area contributed by atoms with Crippen LogP contribution in [0.15, 0.2) is 255 Å². The van der Waals surface area contributed by atoms with Crippen molar-refractivity contribution < 1.29 is 0 Å². The topological polar surface area (TPSA) is 8.17 Å². The van der Waals surface area contributed by atoms with E-state index in [1.165, 1.54) is 77.4 Å². The van der Waals surface area contributed by atoms with Gasteiger partial charge in [0.05, 0.1) is 11.0 Å². The molecule has 0 spiro atoms. The molecular weight excluding hydrogens is 749 g/mol. The Morgan fingerprint density at radius 2 is 0.532 bits per heavy atom. The molecule has 0 bridgehead atoms. The Hall–Kier alpha value is -8.20. The van der Waals surface area contributed by atoms with E-state index in [-0.39, 0.29) is 0 Å². The van der Waals surface area contributed by atoms with Crippen LogP contribution in [-0.4, -0.2) is 4.57 Å². The number of hydrogen-bond acceptors (Lipinski definition) is 1. The highest BCUT2D eigenvalue weighted by molar-refractivity contribution is 6.09. The van der Waals surface area contributed by atoms with E-state index in [0.717, 1.165) is 22.7 Å². The average Bonchev–Trinajstić information content (AvgIpc) is 3.70. The molecule has 0 saturated heterocycles. The molecule has 2 nitrogen and oxygen atoms in total. The van der Waals surface area contributed by atoms with E-state index < -0.39 is 0 Å². The molecule has 2 heteroatoms. The van der Waals surface area contributed by atoms with Crippen molar-refractivity contribution >= 4 is 38.9 Å². The summed E-state index contributed by atoms with van der Waals surface area (Å²) in [5.74, 6) is 0. The lowest BCUT2D eigenvalue weighted by molar-refractivity contribution is 1.18. The van der Waals surface area contributed by atoms with E-state index >= 15 is 0 Å². The number of para-hydroxylation sites is 2. The molecule has 0 saturated carbocycles. The van der Waals surface area contributed by atoms with Crippen molar-refractivity contribution in [3.63, 3.8) is 0 Å². The largest absolute Gasteiger partial charge is 0.311 e. The van der Waals surface area contributed by atoms with Crippen molar-refractivity contribution in [2.45, 2.75) is 0 Å². The summed E-state index contributed by atoms with van der Waals surface area (Å²) in [4.78, 5) is 2.35. The molecule has 0 aliphatic carbocycles. The highest BCUT2D eigenvalue weighted by Gasteiger charge is 2.16. The van der Waals surface area contributed by atoms with Gasteiger partial charge in [0.2, 0.25) is 0 Å². The molecular formula is C60H42N2. The number of benzene rings is 10. The van der Waals surface area contributed by atoms with Crippen molar-refractivity contribution in [1.82, 2.24) is 4.57 Å². The van der Waals surface area contributed by atoms with E-state index in [0.29, 0.717) is 0 Å². The van der Waals surface area contributed by atoms with Crippen molar-refractivity contribution in [2.24, 2.45) is 0 Å². The second-order valence-corrected chi connectivity index (χ2v) is 15.8. The molecule has 0 unspecified atom stereocenters. The zero-order chi connectivity index (χ0) is 41.2. The summed E-state index contributed by atoms with van der Waals surface area (Å²) in [5, 5.41) is 2.53. The summed E-state index contributed by atoms with van der Waals surface area (Å²) in [6, 6.07) is 91.9. The maximum atomic E-state index is 2.38. The molecule has 11 rings (SSSR count). The van der Waals surface area contributed by atoms with Crippen LogP contribution < -0.4 is 4.90 Å². The first kappa shape index (κ1) is 36.8. The monoisotopic (exact) mass is 790 g/mol. The fraction of sp³-hybridized carbons (Fsp3) is 0. The lowest BCUT2D eigenvalue weighted by Crippen LogP contribution is -2.09. The van der Waals surface area contributed by atoms with Crippen LogP contribution in [0.25, 0.3) is 83.1 Å². The molecule has 0 aliphatic heterocycles. The Kier molecular flexibility index (Phi) is 9.57. The van der Waals surface area contributed by atoms with Gasteiger partial charge in [-0.2, -0.15) is 0 Å². The highest BCUT2D eigenvalue weighted by Crippen LogP contribution is 2.39. The number of aromatic nitrogens is 1. The fourth-order valence-corrected chi connectivity index (χ4v) is 8.90. The Bertz CT molecular complexity index is 3260. The first-order chi connectivity index (χ1) is 30.7. The van der Waals surface area contributed by atoms with Crippen LogP contribution in [0.3, 0.4) is 0 Å². The quantitative estimate of drug-likeness (QED) is 0.141. The number of anilines is 3. The van der Waals surface area contributed by atoms with E-state index in [4.69, 9.17) is 0 Å². The van der Waals surface area contributed by atoms with Crippen LogP contribution in [-0.2, 0) is 0 Å². The summed E-state index contributed by atoms with van der Waals surface area (Å²) in [7, 11) is 0. The third kappa shape index (κ3) is 7.04. The van der Waals surface area contributed by atoms with Gasteiger partial charge in [-0.15, -0.1) is 0 Å². The second kappa shape index (κ2) is 16.1. The van der Waals surface area contributed by atoms with Crippen LogP contribution in [0, 0.1) is 0 Å². The molecule has 1 heterocycles. The summed E-state index contributed by atoms with van der Waals surface area (Å²) < 4.78 is 2.38. The summed E-state index contributed by atoms with van der Waals surface area (Å²) in [6.45, 7) is 0. The van der Waals surface area contributed by atoms with Gasteiger partial charge in [-0.3, -0.25) is 0 Å². The molecule has 62 heavy (non-hydrogen) atoms. The Labute approximate surface area is 362 Å². The zero-order valence-electron chi connectivity index (χ0n) is 34.1. The Morgan fingerprint density at radius 3 is 0.984 bits per heavy atom. The Morgan fingerprint density at radius 1 is 0.226 bits per heavy atom. The van der Waals surface area contributed by atoms with Crippen LogP contribution in [0.4, 0.5) is 17.1 Å². The van der Waals surface area contributed by atoms with Crippen molar-refractivity contribution in [3.05, 3.63) is 255 Å². The van der Waals surface area contributed by atoms with Gasteiger partial charge >= 0.3 is 0 Å². The highest BCUT2D eigenvalue weighted by atomic mass is 15.1. The number of hydrogen-bond donors (Lipinski definition) is 0. The normalized spacial score (nSPS) is 11.2. The van der Waals surface area contributed by atoms with Crippen LogP contribution in [0.1, 0.15) is 0 Å². The third-order valence-corrected chi connectivity index (χ3v) is 12.0. The van der Waals surface area contributed by atoms with Crippen LogP contribution in [0.2, 0.25) is 0 Å². The predicted octanol–water partition coefficient (Wildman–Crippen LogP) is 16.6. The minimum absolute atomic E-state index is 1.09. The molecule has 0 N–H and O–H groups in total. The van der Waals surface area contributed by atoms with Gasteiger partial charge < -0.3 is 9.47 Å². The summed E-state index contributed by atoms with van der Waals surface area (Å²) in [6.07, 6.45) is 0. The van der Waals surface area contributed by atoms with Crippen molar-refractivity contribution in [1.29, 1.82) is 0 Å². The second-order valence-electron chi connectivity index (χ2n) is 15.8. The lowest BCUT2D eigenvalue weighted by Gasteiger charge is -2.26. The molecule has 10 aromatic carbocycles. The number of fused-ring (bicyclic) bond motifs is 3. The van der Waals surface area contributed by atoms with Gasteiger partial charge in [0, 0.05) is 33.5 Å². The minimum Gasteiger partial charge on any atom is -0.311 e. The maximum absolute atomic E-state index is 2.38. The minimum atomic E-state index is 1.09. The van der Waals surface area contributed by atoms with Gasteiger partial charge in [0.1, 0.15) is 0 Å². The van der Waals surface area contributed by atoms with E-state index in [9.17, 15) is 0 Å². The van der Waals surface area contributed by atoms with Crippen LogP contribution in [0.5, 0.6) is 0 Å². The predicted molar refractivity (Wildman–Crippen MR) is 263 cm³/mol. The smallest absolute Gasteiger partial charge is 0.0541 e. The van der Waals surface area contributed by atoms with Gasteiger partial charge in [0.25, 0.3) is 0 Å². The first-order valence-electron chi connectivity index (χ1n) is 21.2. The van der Waals surface area contributed by atoms with E-state index in [1.54, 1.807) is 0 Å². The molecule has 292 valence electrons. The summed E-state index contributed by atoms with van der Waals surface area (Å²) >= 11 is 0. The maximum Gasteiger partial charge on any atom is 0.0541 e. The SMILES string of the molecule is c1ccc(-c2ccc(N(c3ccc(-c4cccc(-c5cccc(-c6ccccc6)c5)c4)cc3)c3ccc(-c4cccc(-n5c6ccccc6c6ccccc65)c4)cc3)cc2)cc1. The third-order valence-electron chi connectivity index (χ3n) is 12.0. The van der Waals surface area contributed by atoms with Crippen LogP contribution >= 0.6 is 0 Å². The fourth-order valence-electron chi connectivity index (χ4n) is 8.90. The lowest BCUT2D eigenvalue weighted by atomic mass is 9.96. The molecule has 0 amide bonds. The van der Waals surface area contributed by atoms with Crippen molar-refractivity contribution in [2.75, 3.05) is 4.90 Å². The van der Waals surface area contributed by atoms with E-state index in [2.05, 4.69) is 264 Å². The van der Waals surface area contributed by atoms with Gasteiger partial charge in [-0.1, -0.05) is 182 Å². The molecule has 1 aromatic heterocycles. The van der Waals surface area contributed by atoms with Gasteiger partial charge in [0.15, 0.2) is 0 Å². The van der Waals surface area contributed by atoms with Gasteiger partial charge in [-0.25, -0.2) is 0 Å². The summed E-state index contributed by atoms with van der Waals surface area (Å²) in [5.41, 5.74) is 18.8. The van der Waals surface area contributed by atoms with Crippen molar-refractivity contribution in [3.8, 4) is 61.3 Å². The molecule has 11 aromatic rings. The average molecular weight is 791 g/mol. The molecule has 0 fully saturated rings. The number of nitrogens with zero attached hydrogens (tertiary/aromatic N) is 2. The van der Waals surface area contributed by atoms with E-state index in [1.807, 2.05) is 0 Å². The standard InChI is InChI=1S/C60H42N2/c1-3-14-43(15-4-1)45-28-34-53(35-29-45)61(54-36-30-46(31-37-54)49-19-12-21-51(41-49)50-20-11-18-48(40-50)44-16-5-2-6-17-44)55-38-32-47(33-39-55)52-22-13-23-56(42-52)62-59-26-9-7-24-57(59)58-25-8-10-27-60(58)62/h1-42H. The Balaban J connectivity index is 0.931. The molecule has 0 radical (unpaired) electrons. The number of rotatable bonds is 9. The molecule has 0 aliphatic rings. The molecule has 0 atom stereocenters.